The zero-order valence-corrected chi connectivity index (χ0v) is 17.0. The van der Waals surface area contributed by atoms with Crippen LogP contribution in [0.2, 0.25) is 0 Å². The number of nitrogens with one attached hydrogen (secondary N) is 1. The maximum atomic E-state index is 13.3. The third-order valence-corrected chi connectivity index (χ3v) is 6.52. The highest BCUT2D eigenvalue weighted by Gasteiger charge is 2.27. The number of benzene rings is 2. The van der Waals surface area contributed by atoms with E-state index < -0.39 is 10.0 Å². The predicted octanol–water partition coefficient (Wildman–Crippen LogP) is 2.79. The summed E-state index contributed by atoms with van der Waals surface area (Å²) < 4.78 is 33.2. The second-order valence-corrected chi connectivity index (χ2v) is 8.97. The van der Waals surface area contributed by atoms with Crippen molar-refractivity contribution in [3.63, 3.8) is 0 Å². The van der Waals surface area contributed by atoms with Crippen LogP contribution in [0, 0.1) is 13.8 Å². The molecule has 0 aromatic heterocycles. The van der Waals surface area contributed by atoms with Crippen LogP contribution in [-0.4, -0.2) is 40.1 Å². The quantitative estimate of drug-likeness (QED) is 0.773. The van der Waals surface area contributed by atoms with Gasteiger partial charge in [0.15, 0.2) is 0 Å². The van der Waals surface area contributed by atoms with Crippen LogP contribution in [0.25, 0.3) is 0 Å². The molecule has 28 heavy (non-hydrogen) atoms. The van der Waals surface area contributed by atoms with Crippen molar-refractivity contribution in [1.29, 1.82) is 0 Å². The summed E-state index contributed by atoms with van der Waals surface area (Å²) in [5, 5.41) is 2.80. The van der Waals surface area contributed by atoms with Gasteiger partial charge in [-0.1, -0.05) is 29.8 Å². The zero-order chi connectivity index (χ0) is 20.1. The molecule has 6 nitrogen and oxygen atoms in total. The normalized spacial score (nSPS) is 16.7. The first-order chi connectivity index (χ1) is 13.4. The lowest BCUT2D eigenvalue weighted by molar-refractivity contribution is -0.120. The molecule has 1 N–H and O–H groups in total. The molecule has 1 heterocycles. The lowest BCUT2D eigenvalue weighted by Gasteiger charge is -2.25. The van der Waals surface area contributed by atoms with E-state index in [0.717, 1.165) is 28.3 Å². The van der Waals surface area contributed by atoms with Gasteiger partial charge in [0, 0.05) is 13.2 Å². The highest BCUT2D eigenvalue weighted by Crippen LogP contribution is 2.24. The molecule has 2 aromatic carbocycles. The van der Waals surface area contributed by atoms with E-state index in [1.165, 1.54) is 0 Å². The van der Waals surface area contributed by atoms with Crippen molar-refractivity contribution >= 4 is 21.6 Å². The maximum absolute atomic E-state index is 13.3. The van der Waals surface area contributed by atoms with E-state index in [4.69, 9.17) is 4.74 Å². The summed E-state index contributed by atoms with van der Waals surface area (Å²) in [6, 6.07) is 13.8. The molecule has 0 unspecified atom stereocenters. The van der Waals surface area contributed by atoms with Crippen LogP contribution in [0.15, 0.2) is 53.4 Å². The Kier molecular flexibility index (Phi) is 6.36. The van der Waals surface area contributed by atoms with E-state index >= 15 is 0 Å². The van der Waals surface area contributed by atoms with Crippen molar-refractivity contribution in [2.75, 3.05) is 24.0 Å². The number of sulfonamides is 1. The van der Waals surface area contributed by atoms with Gasteiger partial charge in [-0.2, -0.15) is 0 Å². The van der Waals surface area contributed by atoms with Gasteiger partial charge in [-0.15, -0.1) is 0 Å². The molecule has 0 radical (unpaired) electrons. The van der Waals surface area contributed by atoms with Gasteiger partial charge >= 0.3 is 0 Å². The van der Waals surface area contributed by atoms with Crippen molar-refractivity contribution in [3.05, 3.63) is 59.7 Å². The number of carbonyl (C=O) groups is 1. The molecule has 1 atom stereocenters. The number of hydrogen-bond acceptors (Lipinski definition) is 4. The first kappa shape index (κ1) is 20.4. The average Bonchev–Trinajstić information content (AvgIpc) is 3.18. The second-order valence-electron chi connectivity index (χ2n) is 7.10. The number of aryl methyl sites for hydroxylation is 2. The number of amides is 1. The van der Waals surface area contributed by atoms with E-state index in [1.807, 2.05) is 19.9 Å². The van der Waals surface area contributed by atoms with E-state index in [-0.39, 0.29) is 23.5 Å². The van der Waals surface area contributed by atoms with Crippen LogP contribution in [0.4, 0.5) is 5.69 Å². The summed E-state index contributed by atoms with van der Waals surface area (Å²) in [5.74, 6) is -0.354. The number of nitrogens with zero attached hydrogens (tertiary/aromatic N) is 1. The third kappa shape index (κ3) is 4.91. The summed E-state index contributed by atoms with van der Waals surface area (Å²) in [6.07, 6.45) is 1.89. The fourth-order valence-corrected chi connectivity index (χ4v) is 4.57. The van der Waals surface area contributed by atoms with E-state index in [0.29, 0.717) is 18.8 Å². The lowest BCUT2D eigenvalue weighted by atomic mass is 10.2. The molecule has 3 rings (SSSR count). The van der Waals surface area contributed by atoms with Crippen LogP contribution in [0.1, 0.15) is 24.0 Å². The molecule has 1 saturated heterocycles. The smallest absolute Gasteiger partial charge is 0.264 e. The maximum Gasteiger partial charge on any atom is 0.264 e. The Labute approximate surface area is 166 Å². The summed E-state index contributed by atoms with van der Waals surface area (Å²) in [4.78, 5) is 12.7. The standard InChI is InChI=1S/C21H26N2O4S/c1-16-8-10-20(11-9-16)28(25,26)23(18-6-3-5-17(2)13-18)15-21(24)22-14-19-7-4-12-27-19/h3,5-6,8-11,13,19H,4,7,12,14-15H2,1-2H3,(H,22,24)/t19-/m1/s1. The number of ether oxygens (including phenoxy) is 1. The summed E-state index contributed by atoms with van der Waals surface area (Å²) in [5.41, 5.74) is 2.35. The Hall–Kier alpha value is -2.38. The van der Waals surface area contributed by atoms with Gasteiger partial charge in [0.2, 0.25) is 5.91 Å². The Balaban J connectivity index is 1.84. The van der Waals surface area contributed by atoms with Crippen LogP contribution >= 0.6 is 0 Å². The SMILES string of the molecule is Cc1ccc(S(=O)(=O)N(CC(=O)NC[C@H]2CCCO2)c2cccc(C)c2)cc1. The average molecular weight is 403 g/mol. The Morgan fingerprint density at radius 2 is 1.89 bits per heavy atom. The van der Waals surface area contributed by atoms with E-state index in [2.05, 4.69) is 5.32 Å². The van der Waals surface area contributed by atoms with Gasteiger partial charge in [-0.3, -0.25) is 9.10 Å². The van der Waals surface area contributed by atoms with Crippen molar-refractivity contribution in [1.82, 2.24) is 5.32 Å². The molecule has 0 bridgehead atoms. The van der Waals surface area contributed by atoms with E-state index in [1.54, 1.807) is 42.5 Å². The number of rotatable bonds is 7. The fraction of sp³-hybridized carbons (Fsp3) is 0.381. The van der Waals surface area contributed by atoms with Gasteiger partial charge in [-0.25, -0.2) is 8.42 Å². The third-order valence-electron chi connectivity index (χ3n) is 4.74. The van der Waals surface area contributed by atoms with Gasteiger partial charge in [0.05, 0.1) is 16.7 Å². The molecule has 1 aliphatic heterocycles. The minimum absolute atomic E-state index is 0.00470. The molecular weight excluding hydrogens is 376 g/mol. The minimum Gasteiger partial charge on any atom is -0.376 e. The Bertz CT molecular complexity index is 920. The van der Waals surface area contributed by atoms with Gasteiger partial charge in [0.25, 0.3) is 10.0 Å². The highest BCUT2D eigenvalue weighted by atomic mass is 32.2. The molecule has 1 fully saturated rings. The first-order valence-corrected chi connectivity index (χ1v) is 10.8. The van der Waals surface area contributed by atoms with Crippen LogP contribution in [0.5, 0.6) is 0 Å². The van der Waals surface area contributed by atoms with Crippen molar-refractivity contribution in [3.8, 4) is 0 Å². The highest BCUT2D eigenvalue weighted by molar-refractivity contribution is 7.92. The van der Waals surface area contributed by atoms with Gasteiger partial charge < -0.3 is 10.1 Å². The van der Waals surface area contributed by atoms with Crippen LogP contribution in [-0.2, 0) is 19.6 Å². The van der Waals surface area contributed by atoms with Crippen molar-refractivity contribution in [2.24, 2.45) is 0 Å². The zero-order valence-electron chi connectivity index (χ0n) is 16.2. The minimum atomic E-state index is -3.88. The second kappa shape index (κ2) is 8.75. The lowest BCUT2D eigenvalue weighted by Crippen LogP contribution is -2.42. The van der Waals surface area contributed by atoms with Gasteiger partial charge in [0.1, 0.15) is 6.54 Å². The number of hydrogen-bond donors (Lipinski definition) is 1. The van der Waals surface area contributed by atoms with Crippen molar-refractivity contribution in [2.45, 2.75) is 37.7 Å². The molecule has 7 heteroatoms. The molecule has 0 spiro atoms. The summed E-state index contributed by atoms with van der Waals surface area (Å²) in [6.45, 7) is 4.60. The Morgan fingerprint density at radius 3 is 2.54 bits per heavy atom. The molecule has 1 aliphatic rings. The van der Waals surface area contributed by atoms with Gasteiger partial charge in [-0.05, 0) is 56.5 Å². The number of carbonyl (C=O) groups excluding carboxylic acids is 1. The Morgan fingerprint density at radius 1 is 1.14 bits per heavy atom. The molecular formula is C21H26N2O4S. The topological polar surface area (TPSA) is 75.7 Å². The summed E-state index contributed by atoms with van der Waals surface area (Å²) >= 11 is 0. The molecule has 0 aliphatic carbocycles. The molecule has 0 saturated carbocycles. The number of anilines is 1. The monoisotopic (exact) mass is 402 g/mol. The van der Waals surface area contributed by atoms with Crippen LogP contribution < -0.4 is 9.62 Å². The molecule has 2 aromatic rings. The fourth-order valence-electron chi connectivity index (χ4n) is 3.15. The van der Waals surface area contributed by atoms with E-state index in [9.17, 15) is 13.2 Å². The van der Waals surface area contributed by atoms with Crippen LogP contribution in [0.3, 0.4) is 0 Å². The molecule has 150 valence electrons. The largest absolute Gasteiger partial charge is 0.376 e. The first-order valence-electron chi connectivity index (χ1n) is 9.40. The molecule has 1 amide bonds. The van der Waals surface area contributed by atoms with Crippen molar-refractivity contribution < 1.29 is 17.9 Å². The summed E-state index contributed by atoms with van der Waals surface area (Å²) in [7, 11) is -3.88. The predicted molar refractivity (Wildman–Crippen MR) is 109 cm³/mol.